The van der Waals surface area contributed by atoms with E-state index < -0.39 is 0 Å². The minimum Gasteiger partial charge on any atom is -0.460 e. The van der Waals surface area contributed by atoms with E-state index >= 15 is 0 Å². The van der Waals surface area contributed by atoms with Crippen molar-refractivity contribution in [2.24, 2.45) is 0 Å². The summed E-state index contributed by atoms with van der Waals surface area (Å²) >= 11 is 0. The lowest BCUT2D eigenvalue weighted by Gasteiger charge is -2.31. The van der Waals surface area contributed by atoms with Gasteiger partial charge >= 0.3 is 0 Å². The number of furan rings is 1. The zero-order valence-electron chi connectivity index (χ0n) is 9.02. The van der Waals surface area contributed by atoms with E-state index in [2.05, 4.69) is 17.4 Å². The number of para-hydroxylation sites is 1. The Labute approximate surface area is 94.1 Å². The molecule has 0 bridgehead atoms. The average Bonchev–Trinajstić information content (AvgIpc) is 2.65. The second-order valence-electron chi connectivity index (χ2n) is 4.45. The first-order chi connectivity index (χ1) is 7.81. The van der Waals surface area contributed by atoms with Crippen LogP contribution in [0.1, 0.15) is 18.6 Å². The quantitative estimate of drug-likeness (QED) is 0.827. The minimum atomic E-state index is -0.104. The third-order valence-corrected chi connectivity index (χ3v) is 3.15. The van der Waals surface area contributed by atoms with E-state index in [1.807, 2.05) is 18.2 Å². The fourth-order valence-electron chi connectivity index (χ4n) is 2.12. The Morgan fingerprint density at radius 2 is 2.12 bits per heavy atom. The lowest BCUT2D eigenvalue weighted by Crippen LogP contribution is -2.43. The van der Waals surface area contributed by atoms with Gasteiger partial charge in [-0.1, -0.05) is 18.2 Å². The zero-order valence-corrected chi connectivity index (χ0v) is 9.02. The van der Waals surface area contributed by atoms with Crippen molar-refractivity contribution >= 4 is 11.0 Å². The van der Waals surface area contributed by atoms with Gasteiger partial charge in [-0.05, 0) is 25.0 Å². The van der Waals surface area contributed by atoms with Crippen LogP contribution in [0.4, 0.5) is 0 Å². The normalized spacial score (nSPS) is 24.6. The van der Waals surface area contributed by atoms with Crippen LogP contribution in [0.2, 0.25) is 0 Å². The highest BCUT2D eigenvalue weighted by molar-refractivity contribution is 5.77. The van der Waals surface area contributed by atoms with Crippen molar-refractivity contribution in [1.29, 1.82) is 0 Å². The molecule has 0 aliphatic heterocycles. The molecule has 2 N–H and O–H groups in total. The molecule has 0 spiro atoms. The first-order valence-corrected chi connectivity index (χ1v) is 5.70. The van der Waals surface area contributed by atoms with Crippen LogP contribution < -0.4 is 5.32 Å². The van der Waals surface area contributed by atoms with Gasteiger partial charge in [0.05, 0.1) is 12.6 Å². The second-order valence-corrected chi connectivity index (χ2v) is 4.45. The lowest BCUT2D eigenvalue weighted by molar-refractivity contribution is 0.0612. The van der Waals surface area contributed by atoms with Gasteiger partial charge in [0.2, 0.25) is 0 Å². The predicted molar refractivity (Wildman–Crippen MR) is 62.1 cm³/mol. The molecule has 84 valence electrons. The third-order valence-electron chi connectivity index (χ3n) is 3.15. The van der Waals surface area contributed by atoms with Crippen molar-refractivity contribution in [3.8, 4) is 0 Å². The Kier molecular flexibility index (Phi) is 2.42. The van der Waals surface area contributed by atoms with Crippen molar-refractivity contribution in [2.45, 2.75) is 31.5 Å². The molecule has 3 rings (SSSR count). The summed E-state index contributed by atoms with van der Waals surface area (Å²) in [5.41, 5.74) is 0.938. The van der Waals surface area contributed by atoms with Crippen LogP contribution in [0.5, 0.6) is 0 Å². The second kappa shape index (κ2) is 3.92. The summed E-state index contributed by atoms with van der Waals surface area (Å²) in [4.78, 5) is 0. The molecule has 0 atom stereocenters. The van der Waals surface area contributed by atoms with Crippen LogP contribution >= 0.6 is 0 Å². The number of aliphatic hydroxyl groups is 1. The number of nitrogens with one attached hydrogen (secondary N) is 1. The van der Waals surface area contributed by atoms with E-state index in [-0.39, 0.29) is 6.10 Å². The van der Waals surface area contributed by atoms with Gasteiger partial charge in [-0.15, -0.1) is 0 Å². The number of aliphatic hydroxyl groups excluding tert-OH is 1. The van der Waals surface area contributed by atoms with Crippen LogP contribution in [-0.4, -0.2) is 17.3 Å². The van der Waals surface area contributed by atoms with Crippen LogP contribution in [0.25, 0.3) is 11.0 Å². The molecule has 1 aliphatic rings. The molecule has 1 aromatic heterocycles. The van der Waals surface area contributed by atoms with Crippen molar-refractivity contribution in [1.82, 2.24) is 5.32 Å². The van der Waals surface area contributed by atoms with Crippen molar-refractivity contribution in [3.05, 3.63) is 36.1 Å². The first kappa shape index (κ1) is 9.87. The molecule has 1 aromatic carbocycles. The van der Waals surface area contributed by atoms with Gasteiger partial charge in [0.25, 0.3) is 0 Å². The largest absolute Gasteiger partial charge is 0.460 e. The molecule has 3 heteroatoms. The average molecular weight is 217 g/mol. The smallest absolute Gasteiger partial charge is 0.134 e. The monoisotopic (exact) mass is 217 g/mol. The van der Waals surface area contributed by atoms with Crippen LogP contribution in [0.15, 0.2) is 34.7 Å². The van der Waals surface area contributed by atoms with E-state index in [0.29, 0.717) is 6.04 Å². The van der Waals surface area contributed by atoms with Crippen LogP contribution in [0.3, 0.4) is 0 Å². The summed E-state index contributed by atoms with van der Waals surface area (Å²) in [6.45, 7) is 0.742. The molecule has 0 saturated heterocycles. The Hall–Kier alpha value is -1.32. The van der Waals surface area contributed by atoms with Crippen molar-refractivity contribution in [3.63, 3.8) is 0 Å². The number of rotatable bonds is 3. The Morgan fingerprint density at radius 1 is 1.31 bits per heavy atom. The molecule has 16 heavy (non-hydrogen) atoms. The maximum absolute atomic E-state index is 9.17. The fraction of sp³-hybridized carbons (Fsp3) is 0.385. The van der Waals surface area contributed by atoms with Gasteiger partial charge < -0.3 is 14.8 Å². The highest BCUT2D eigenvalue weighted by Gasteiger charge is 2.26. The summed E-state index contributed by atoms with van der Waals surface area (Å²) in [6, 6.07) is 10.5. The maximum atomic E-state index is 9.17. The maximum Gasteiger partial charge on any atom is 0.134 e. The predicted octanol–water partition coefficient (Wildman–Crippen LogP) is 2.05. The Morgan fingerprint density at radius 3 is 2.88 bits per heavy atom. The number of hydrogen-bond donors (Lipinski definition) is 2. The van der Waals surface area contributed by atoms with Gasteiger partial charge in [-0.2, -0.15) is 0 Å². The summed E-state index contributed by atoms with van der Waals surface area (Å²) in [6.07, 6.45) is 1.62. The van der Waals surface area contributed by atoms with Gasteiger partial charge in [0.15, 0.2) is 0 Å². The van der Waals surface area contributed by atoms with Gasteiger partial charge in [0.1, 0.15) is 11.3 Å². The number of benzene rings is 1. The van der Waals surface area contributed by atoms with Crippen molar-refractivity contribution < 1.29 is 9.52 Å². The molecule has 1 heterocycles. The Balaban J connectivity index is 1.65. The fourth-order valence-corrected chi connectivity index (χ4v) is 2.12. The molecule has 0 unspecified atom stereocenters. The van der Waals surface area contributed by atoms with E-state index in [0.717, 1.165) is 36.1 Å². The summed E-state index contributed by atoms with van der Waals surface area (Å²) in [5.74, 6) is 0.961. The van der Waals surface area contributed by atoms with Crippen LogP contribution in [-0.2, 0) is 6.54 Å². The van der Waals surface area contributed by atoms with E-state index in [4.69, 9.17) is 9.52 Å². The third kappa shape index (κ3) is 1.84. The van der Waals surface area contributed by atoms with E-state index in [9.17, 15) is 0 Å². The molecular weight excluding hydrogens is 202 g/mol. The molecule has 0 radical (unpaired) electrons. The van der Waals surface area contributed by atoms with Gasteiger partial charge in [-0.25, -0.2) is 0 Å². The topological polar surface area (TPSA) is 45.4 Å². The molecule has 0 amide bonds. The van der Waals surface area contributed by atoms with Crippen molar-refractivity contribution in [2.75, 3.05) is 0 Å². The summed E-state index contributed by atoms with van der Waals surface area (Å²) in [5, 5.41) is 13.7. The molecule has 1 saturated carbocycles. The SMILES string of the molecule is OC1CC(NCc2cc3ccccc3o2)C1. The molecule has 1 fully saturated rings. The minimum absolute atomic E-state index is 0.104. The summed E-state index contributed by atoms with van der Waals surface area (Å²) < 4.78 is 5.69. The lowest BCUT2D eigenvalue weighted by atomic mass is 9.89. The van der Waals surface area contributed by atoms with Crippen LogP contribution in [0, 0.1) is 0 Å². The highest BCUT2D eigenvalue weighted by Crippen LogP contribution is 2.22. The molecule has 2 aromatic rings. The number of fused-ring (bicyclic) bond motifs is 1. The molecule has 1 aliphatic carbocycles. The Bertz CT molecular complexity index is 452. The molecular formula is C13H15NO2. The standard InChI is InChI=1S/C13H15NO2/c15-11-6-10(7-11)14-8-12-5-9-3-1-2-4-13(9)16-12/h1-5,10-11,14-15H,6-8H2. The zero-order chi connectivity index (χ0) is 11.0. The first-order valence-electron chi connectivity index (χ1n) is 5.70. The van der Waals surface area contributed by atoms with Gasteiger partial charge in [-0.3, -0.25) is 0 Å². The summed E-state index contributed by atoms with van der Waals surface area (Å²) in [7, 11) is 0. The molecule has 3 nitrogen and oxygen atoms in total. The van der Waals surface area contributed by atoms with E-state index in [1.165, 1.54) is 0 Å². The number of hydrogen-bond acceptors (Lipinski definition) is 3. The van der Waals surface area contributed by atoms with Gasteiger partial charge in [0, 0.05) is 11.4 Å². The highest BCUT2D eigenvalue weighted by atomic mass is 16.3. The van der Waals surface area contributed by atoms with E-state index in [1.54, 1.807) is 0 Å².